The zero-order valence-corrected chi connectivity index (χ0v) is 22.5. The molecule has 5 atom stereocenters. The van der Waals surface area contributed by atoms with Gasteiger partial charge in [0.25, 0.3) is 0 Å². The molecule has 0 aromatic heterocycles. The van der Waals surface area contributed by atoms with Crippen molar-refractivity contribution in [1.82, 2.24) is 15.5 Å². The van der Waals surface area contributed by atoms with Crippen LogP contribution in [-0.4, -0.2) is 72.2 Å². The number of halogens is 1. The van der Waals surface area contributed by atoms with Crippen LogP contribution in [0.3, 0.4) is 0 Å². The van der Waals surface area contributed by atoms with Crippen molar-refractivity contribution in [3.05, 3.63) is 45.8 Å². The van der Waals surface area contributed by atoms with Crippen LogP contribution in [0.25, 0.3) is 0 Å². The number of rotatable bonds is 10. The molecule has 0 spiro atoms. The van der Waals surface area contributed by atoms with Gasteiger partial charge in [-0.15, -0.1) is 11.8 Å². The first-order valence-electron chi connectivity index (χ1n) is 12.9. The van der Waals surface area contributed by atoms with Gasteiger partial charge < -0.3 is 31.7 Å². The highest BCUT2D eigenvalue weighted by Crippen LogP contribution is 2.32. The number of nitrogens with two attached hydrogens (primary N) is 2. The third kappa shape index (κ3) is 7.70. The second kappa shape index (κ2) is 13.1. The first kappa shape index (κ1) is 27.9. The molecule has 0 aliphatic carbocycles. The standard InChI is InChI=1S/C26H37ClN6O3S/c27-18-5-3-16(4-6-18)15-36-19-11-22(25(34)32-13-20-7-8-23(37-20)24(29)30)33(14-19)26(35)21(28)10-17-2-1-9-31-12-17/h3-6,8,17,19-22,31H,1-2,7,9-15,28H2,(H3,29,30)(H,32,34)/t17?,19-,20?,21?,22+/m1/s1. The van der Waals surface area contributed by atoms with E-state index >= 15 is 0 Å². The van der Waals surface area contributed by atoms with Gasteiger partial charge in [-0.05, 0) is 62.4 Å². The molecule has 3 heterocycles. The fourth-order valence-electron chi connectivity index (χ4n) is 5.15. The second-order valence-corrected chi connectivity index (χ2v) is 11.8. The zero-order chi connectivity index (χ0) is 26.4. The number of hydrogen-bond donors (Lipinski definition) is 5. The minimum atomic E-state index is -0.650. The topological polar surface area (TPSA) is 147 Å². The maximum atomic E-state index is 13.4. The summed E-state index contributed by atoms with van der Waals surface area (Å²) in [7, 11) is 0. The highest BCUT2D eigenvalue weighted by molar-refractivity contribution is 8.04. The Labute approximate surface area is 227 Å². The molecule has 3 aliphatic heterocycles. The lowest BCUT2D eigenvalue weighted by atomic mass is 9.92. The van der Waals surface area contributed by atoms with Crippen LogP contribution in [0.1, 0.15) is 37.7 Å². The normalized spacial score (nSPS) is 26.5. The molecule has 2 saturated heterocycles. The first-order valence-corrected chi connectivity index (χ1v) is 14.2. The van der Waals surface area contributed by atoms with E-state index in [0.717, 1.165) is 42.8 Å². The fraction of sp³-hybridized carbons (Fsp3) is 0.577. The molecule has 37 heavy (non-hydrogen) atoms. The van der Waals surface area contributed by atoms with Crippen LogP contribution in [0.2, 0.25) is 5.02 Å². The van der Waals surface area contributed by atoms with Crippen LogP contribution < -0.4 is 22.1 Å². The quantitative estimate of drug-likeness (QED) is 0.222. The molecule has 3 unspecified atom stereocenters. The molecule has 7 N–H and O–H groups in total. The van der Waals surface area contributed by atoms with Crippen molar-refractivity contribution in [2.75, 3.05) is 26.2 Å². The van der Waals surface area contributed by atoms with E-state index in [9.17, 15) is 9.59 Å². The largest absolute Gasteiger partial charge is 0.383 e. The van der Waals surface area contributed by atoms with Crippen LogP contribution in [0.4, 0.5) is 0 Å². The Morgan fingerprint density at radius 1 is 1.32 bits per heavy atom. The highest BCUT2D eigenvalue weighted by atomic mass is 35.5. The number of carbonyl (C=O) groups excluding carboxylic acids is 2. The summed E-state index contributed by atoms with van der Waals surface area (Å²) in [6.45, 7) is 3.01. The van der Waals surface area contributed by atoms with Crippen molar-refractivity contribution in [3.8, 4) is 0 Å². The van der Waals surface area contributed by atoms with Gasteiger partial charge in [-0.25, -0.2) is 0 Å². The second-order valence-electron chi connectivity index (χ2n) is 10.1. The number of allylic oxidation sites excluding steroid dienone is 1. The van der Waals surface area contributed by atoms with Gasteiger partial charge in [-0.1, -0.05) is 29.8 Å². The monoisotopic (exact) mass is 548 g/mol. The predicted octanol–water partition coefficient (Wildman–Crippen LogP) is 1.98. The van der Waals surface area contributed by atoms with Gasteiger partial charge in [0, 0.05) is 34.7 Å². The van der Waals surface area contributed by atoms with Gasteiger partial charge in [0.2, 0.25) is 11.8 Å². The van der Waals surface area contributed by atoms with Gasteiger partial charge in [0.15, 0.2) is 0 Å². The number of hydrogen-bond acceptors (Lipinski definition) is 7. The zero-order valence-electron chi connectivity index (χ0n) is 21.0. The molecule has 1 aromatic carbocycles. The van der Waals surface area contributed by atoms with E-state index < -0.39 is 12.1 Å². The number of piperidine rings is 1. The number of likely N-dealkylation sites (tertiary alicyclic amines) is 1. The molecule has 1 aromatic rings. The van der Waals surface area contributed by atoms with E-state index in [1.807, 2.05) is 30.3 Å². The number of amidine groups is 1. The first-order chi connectivity index (χ1) is 17.8. The highest BCUT2D eigenvalue weighted by Gasteiger charge is 2.42. The maximum absolute atomic E-state index is 13.4. The molecule has 3 aliphatic rings. The third-order valence-corrected chi connectivity index (χ3v) is 8.76. The van der Waals surface area contributed by atoms with Gasteiger partial charge >= 0.3 is 0 Å². The molecule has 0 bridgehead atoms. The van der Waals surface area contributed by atoms with E-state index in [1.165, 1.54) is 11.8 Å². The number of benzene rings is 1. The molecular weight excluding hydrogens is 512 g/mol. The van der Waals surface area contributed by atoms with E-state index in [2.05, 4.69) is 10.6 Å². The Balaban J connectivity index is 1.37. The number of amides is 2. The molecule has 4 rings (SSSR count). The summed E-state index contributed by atoms with van der Waals surface area (Å²) in [5.74, 6) is 0.0181. The third-order valence-electron chi connectivity index (χ3n) is 7.18. The lowest BCUT2D eigenvalue weighted by Crippen LogP contribution is -2.52. The Morgan fingerprint density at radius 3 is 2.78 bits per heavy atom. The number of nitrogens with one attached hydrogen (secondary N) is 3. The van der Waals surface area contributed by atoms with E-state index in [4.69, 9.17) is 33.2 Å². The maximum Gasteiger partial charge on any atom is 0.242 e. The summed E-state index contributed by atoms with van der Waals surface area (Å²) in [5.41, 5.74) is 12.9. The molecule has 2 fully saturated rings. The summed E-state index contributed by atoms with van der Waals surface area (Å²) in [4.78, 5) is 29.1. The summed E-state index contributed by atoms with van der Waals surface area (Å²) in [5, 5.41) is 14.8. The van der Waals surface area contributed by atoms with Crippen molar-refractivity contribution in [2.45, 2.75) is 62.1 Å². The van der Waals surface area contributed by atoms with Crippen molar-refractivity contribution in [3.63, 3.8) is 0 Å². The number of carbonyl (C=O) groups is 2. The fourth-order valence-corrected chi connectivity index (χ4v) is 6.31. The Bertz CT molecular complexity index is 1000. The minimum Gasteiger partial charge on any atom is -0.383 e. The molecule has 0 saturated carbocycles. The van der Waals surface area contributed by atoms with Crippen LogP contribution in [0.5, 0.6) is 0 Å². The van der Waals surface area contributed by atoms with Gasteiger partial charge in [0.1, 0.15) is 11.9 Å². The van der Waals surface area contributed by atoms with Crippen LogP contribution in [0.15, 0.2) is 35.2 Å². The molecule has 11 heteroatoms. The predicted molar refractivity (Wildman–Crippen MR) is 147 cm³/mol. The van der Waals surface area contributed by atoms with Crippen LogP contribution in [0, 0.1) is 11.3 Å². The van der Waals surface area contributed by atoms with E-state index in [0.29, 0.717) is 43.5 Å². The molecule has 2 amide bonds. The summed E-state index contributed by atoms with van der Waals surface area (Å²) >= 11 is 7.48. The van der Waals surface area contributed by atoms with E-state index in [-0.39, 0.29) is 29.0 Å². The van der Waals surface area contributed by atoms with E-state index in [1.54, 1.807) is 4.90 Å². The van der Waals surface area contributed by atoms with Gasteiger partial charge in [0.05, 0.1) is 18.8 Å². The summed E-state index contributed by atoms with van der Waals surface area (Å²) in [6, 6.07) is 6.15. The lowest BCUT2D eigenvalue weighted by molar-refractivity contribution is -0.139. The Morgan fingerprint density at radius 2 is 2.11 bits per heavy atom. The molecule has 9 nitrogen and oxygen atoms in total. The number of nitrogens with zero attached hydrogens (tertiary/aromatic N) is 1. The number of ether oxygens (including phenoxy) is 1. The average molecular weight is 549 g/mol. The van der Waals surface area contributed by atoms with Crippen molar-refractivity contribution in [2.24, 2.45) is 17.4 Å². The van der Waals surface area contributed by atoms with Crippen molar-refractivity contribution < 1.29 is 14.3 Å². The lowest BCUT2D eigenvalue weighted by Gasteiger charge is -2.29. The smallest absolute Gasteiger partial charge is 0.242 e. The number of thioether (sulfide) groups is 1. The molecule has 202 valence electrons. The average Bonchev–Trinajstić information content (AvgIpc) is 3.55. The van der Waals surface area contributed by atoms with Crippen LogP contribution in [-0.2, 0) is 20.9 Å². The van der Waals surface area contributed by atoms with Crippen molar-refractivity contribution in [1.29, 1.82) is 5.41 Å². The SMILES string of the molecule is N=C(N)C1=CCC(CNC(=O)[C@@H]2C[C@@H](OCc3ccc(Cl)cc3)CN2C(=O)C(N)CC2CCCNC2)S1. The van der Waals surface area contributed by atoms with Gasteiger partial charge in [-0.2, -0.15) is 0 Å². The Kier molecular flexibility index (Phi) is 9.89. The Hall–Kier alpha value is -2.11. The van der Waals surface area contributed by atoms with Gasteiger partial charge in [-0.3, -0.25) is 15.0 Å². The molecular formula is C26H37ClN6O3S. The van der Waals surface area contributed by atoms with Crippen molar-refractivity contribution >= 4 is 41.0 Å². The summed E-state index contributed by atoms with van der Waals surface area (Å²) < 4.78 is 6.12. The molecule has 0 radical (unpaired) electrons. The minimum absolute atomic E-state index is 0.0502. The van der Waals surface area contributed by atoms with Crippen LogP contribution >= 0.6 is 23.4 Å². The summed E-state index contributed by atoms with van der Waals surface area (Å²) in [6.07, 6.45) is 5.55.